The number of amides is 2. The Bertz CT molecular complexity index is 770. The van der Waals surface area contributed by atoms with Crippen LogP contribution in [0.1, 0.15) is 41.4 Å². The zero-order chi connectivity index (χ0) is 17.3. The monoisotopic (exact) mass is 322 g/mol. The molecule has 3 rings (SSSR count). The van der Waals surface area contributed by atoms with Gasteiger partial charge >= 0.3 is 0 Å². The van der Waals surface area contributed by atoms with Crippen LogP contribution in [-0.4, -0.2) is 30.3 Å². The SMILES string of the molecule is CC(=O)N1CCc2cc(C(=O)N(C)[C@@H](C)c3ccccc3)ccc21. The van der Waals surface area contributed by atoms with E-state index in [1.54, 1.807) is 16.7 Å². The molecule has 1 aliphatic rings. The fraction of sp³-hybridized carbons (Fsp3) is 0.300. The molecule has 0 aliphatic carbocycles. The van der Waals surface area contributed by atoms with Crippen LogP contribution in [0, 0.1) is 0 Å². The Labute approximate surface area is 142 Å². The lowest BCUT2D eigenvalue weighted by atomic mass is 10.0. The van der Waals surface area contributed by atoms with E-state index >= 15 is 0 Å². The molecule has 2 aromatic carbocycles. The number of fused-ring (bicyclic) bond motifs is 1. The van der Waals surface area contributed by atoms with Gasteiger partial charge in [-0.2, -0.15) is 0 Å². The van der Waals surface area contributed by atoms with Gasteiger partial charge in [0.05, 0.1) is 6.04 Å². The normalized spacial score (nSPS) is 14.2. The predicted molar refractivity (Wildman–Crippen MR) is 95.1 cm³/mol. The molecule has 0 aromatic heterocycles. The highest BCUT2D eigenvalue weighted by molar-refractivity contribution is 5.98. The van der Waals surface area contributed by atoms with Gasteiger partial charge in [0.15, 0.2) is 0 Å². The molecule has 0 fully saturated rings. The van der Waals surface area contributed by atoms with Gasteiger partial charge in [0.1, 0.15) is 0 Å². The summed E-state index contributed by atoms with van der Waals surface area (Å²) in [5.74, 6) is 0.0399. The molecular formula is C20H22N2O2. The maximum atomic E-state index is 12.8. The summed E-state index contributed by atoms with van der Waals surface area (Å²) in [6, 6.07) is 15.6. The number of hydrogen-bond acceptors (Lipinski definition) is 2. The van der Waals surface area contributed by atoms with Crippen molar-refractivity contribution in [1.29, 1.82) is 0 Å². The van der Waals surface area contributed by atoms with E-state index in [2.05, 4.69) is 0 Å². The fourth-order valence-corrected chi connectivity index (χ4v) is 3.20. The first kappa shape index (κ1) is 16.2. The maximum absolute atomic E-state index is 12.8. The van der Waals surface area contributed by atoms with Crippen molar-refractivity contribution in [2.45, 2.75) is 26.3 Å². The number of nitrogens with zero attached hydrogens (tertiary/aromatic N) is 2. The second kappa shape index (κ2) is 6.48. The second-order valence-electron chi connectivity index (χ2n) is 6.27. The number of hydrogen-bond donors (Lipinski definition) is 0. The topological polar surface area (TPSA) is 40.6 Å². The van der Waals surface area contributed by atoms with Crippen LogP contribution in [0.15, 0.2) is 48.5 Å². The Balaban J connectivity index is 1.82. The molecule has 0 bridgehead atoms. The standard InChI is InChI=1S/C20H22N2O2/c1-14(16-7-5-4-6-8-16)21(3)20(24)18-9-10-19-17(13-18)11-12-22(19)15(2)23/h4-10,13-14H,11-12H2,1-3H3/t14-/m0/s1. The first-order chi connectivity index (χ1) is 11.5. The van der Waals surface area contributed by atoms with Crippen LogP contribution < -0.4 is 4.90 Å². The number of rotatable bonds is 3. The van der Waals surface area contributed by atoms with Crippen LogP contribution >= 0.6 is 0 Å². The van der Waals surface area contributed by atoms with Crippen molar-refractivity contribution in [3.05, 3.63) is 65.2 Å². The van der Waals surface area contributed by atoms with E-state index in [9.17, 15) is 9.59 Å². The van der Waals surface area contributed by atoms with E-state index < -0.39 is 0 Å². The van der Waals surface area contributed by atoms with Gasteiger partial charge in [-0.1, -0.05) is 30.3 Å². The Morgan fingerprint density at radius 2 is 1.83 bits per heavy atom. The minimum absolute atomic E-state index is 0.000623. The first-order valence-corrected chi connectivity index (χ1v) is 8.22. The van der Waals surface area contributed by atoms with Gasteiger partial charge in [0.2, 0.25) is 5.91 Å². The van der Waals surface area contributed by atoms with Crippen LogP contribution in [0.5, 0.6) is 0 Å². The molecule has 124 valence electrons. The molecule has 1 atom stereocenters. The average molecular weight is 322 g/mol. The first-order valence-electron chi connectivity index (χ1n) is 8.22. The molecule has 0 saturated carbocycles. The lowest BCUT2D eigenvalue weighted by Gasteiger charge is -2.25. The smallest absolute Gasteiger partial charge is 0.254 e. The Morgan fingerprint density at radius 3 is 2.50 bits per heavy atom. The van der Waals surface area contributed by atoms with E-state index in [0.29, 0.717) is 12.1 Å². The molecule has 0 spiro atoms. The number of carbonyl (C=O) groups is 2. The summed E-state index contributed by atoms with van der Waals surface area (Å²) in [6.07, 6.45) is 0.800. The number of carbonyl (C=O) groups excluding carboxylic acids is 2. The molecule has 4 heteroatoms. The summed E-state index contributed by atoms with van der Waals surface area (Å²) >= 11 is 0. The van der Waals surface area contributed by atoms with Crippen molar-refractivity contribution in [3.63, 3.8) is 0 Å². The van der Waals surface area contributed by atoms with Crippen molar-refractivity contribution in [2.75, 3.05) is 18.5 Å². The minimum Gasteiger partial charge on any atom is -0.335 e. The van der Waals surface area contributed by atoms with Crippen LogP contribution in [-0.2, 0) is 11.2 Å². The number of benzene rings is 2. The fourth-order valence-electron chi connectivity index (χ4n) is 3.20. The molecule has 2 aromatic rings. The Kier molecular flexibility index (Phi) is 4.38. The van der Waals surface area contributed by atoms with Gasteiger partial charge in [-0.15, -0.1) is 0 Å². The third kappa shape index (κ3) is 2.92. The summed E-state index contributed by atoms with van der Waals surface area (Å²) < 4.78 is 0. The summed E-state index contributed by atoms with van der Waals surface area (Å²) in [5, 5.41) is 0. The molecule has 24 heavy (non-hydrogen) atoms. The zero-order valence-electron chi connectivity index (χ0n) is 14.3. The van der Waals surface area contributed by atoms with Gasteiger partial charge in [-0.3, -0.25) is 9.59 Å². The number of anilines is 1. The Hall–Kier alpha value is -2.62. The zero-order valence-corrected chi connectivity index (χ0v) is 14.3. The van der Waals surface area contributed by atoms with Crippen molar-refractivity contribution >= 4 is 17.5 Å². The molecule has 0 unspecified atom stereocenters. The van der Waals surface area contributed by atoms with Crippen LogP contribution in [0.2, 0.25) is 0 Å². The van der Waals surface area contributed by atoms with Gasteiger partial charge in [0, 0.05) is 31.8 Å². The van der Waals surface area contributed by atoms with Crippen LogP contribution in [0.3, 0.4) is 0 Å². The highest BCUT2D eigenvalue weighted by Crippen LogP contribution is 2.30. The quantitative estimate of drug-likeness (QED) is 0.868. The van der Waals surface area contributed by atoms with Gasteiger partial charge in [-0.05, 0) is 42.7 Å². The molecule has 0 saturated heterocycles. The van der Waals surface area contributed by atoms with Crippen LogP contribution in [0.25, 0.3) is 0 Å². The Morgan fingerprint density at radius 1 is 1.12 bits per heavy atom. The van der Waals surface area contributed by atoms with Crippen molar-refractivity contribution in [2.24, 2.45) is 0 Å². The average Bonchev–Trinajstić information content (AvgIpc) is 3.04. The highest BCUT2D eigenvalue weighted by Gasteiger charge is 2.25. The third-order valence-electron chi connectivity index (χ3n) is 4.79. The van der Waals surface area contributed by atoms with E-state index in [4.69, 9.17) is 0 Å². The van der Waals surface area contributed by atoms with Crippen molar-refractivity contribution in [1.82, 2.24) is 4.90 Å². The van der Waals surface area contributed by atoms with E-state index in [1.165, 1.54) is 0 Å². The minimum atomic E-state index is -0.00423. The van der Waals surface area contributed by atoms with Crippen molar-refractivity contribution in [3.8, 4) is 0 Å². The molecule has 1 heterocycles. The molecule has 0 radical (unpaired) electrons. The largest absolute Gasteiger partial charge is 0.335 e. The predicted octanol–water partition coefficient (Wildman–Crippen LogP) is 3.43. The van der Waals surface area contributed by atoms with Crippen LogP contribution in [0.4, 0.5) is 5.69 Å². The molecule has 0 N–H and O–H groups in total. The van der Waals surface area contributed by atoms with Gasteiger partial charge in [-0.25, -0.2) is 0 Å². The van der Waals surface area contributed by atoms with Crippen molar-refractivity contribution < 1.29 is 9.59 Å². The molecule has 4 nitrogen and oxygen atoms in total. The lowest BCUT2D eigenvalue weighted by Crippen LogP contribution is -2.29. The summed E-state index contributed by atoms with van der Waals surface area (Å²) in [5.41, 5.74) is 3.77. The lowest BCUT2D eigenvalue weighted by molar-refractivity contribution is -0.116. The maximum Gasteiger partial charge on any atom is 0.254 e. The summed E-state index contributed by atoms with van der Waals surface area (Å²) in [6.45, 7) is 4.29. The van der Waals surface area contributed by atoms with E-state index in [1.807, 2.05) is 62.5 Å². The van der Waals surface area contributed by atoms with E-state index in [-0.39, 0.29) is 17.9 Å². The van der Waals surface area contributed by atoms with E-state index in [0.717, 1.165) is 23.2 Å². The molecule has 1 aliphatic heterocycles. The second-order valence-corrected chi connectivity index (χ2v) is 6.27. The van der Waals surface area contributed by atoms with Gasteiger partial charge in [0.25, 0.3) is 5.91 Å². The molecular weight excluding hydrogens is 300 g/mol. The van der Waals surface area contributed by atoms with Gasteiger partial charge < -0.3 is 9.80 Å². The summed E-state index contributed by atoms with van der Waals surface area (Å²) in [7, 11) is 1.83. The molecule has 2 amide bonds. The summed E-state index contributed by atoms with van der Waals surface area (Å²) in [4.78, 5) is 28.0. The third-order valence-corrected chi connectivity index (χ3v) is 4.79. The highest BCUT2D eigenvalue weighted by atomic mass is 16.2.